The predicted molar refractivity (Wildman–Crippen MR) is 125 cm³/mol. The first-order chi connectivity index (χ1) is 15.5. The van der Waals surface area contributed by atoms with Crippen LogP contribution < -0.4 is 0 Å². The van der Waals surface area contributed by atoms with Gasteiger partial charge in [-0.2, -0.15) is 0 Å². The summed E-state index contributed by atoms with van der Waals surface area (Å²) in [5, 5.41) is 9.53. The summed E-state index contributed by atoms with van der Waals surface area (Å²) in [4.78, 5) is 0.142. The van der Waals surface area contributed by atoms with E-state index in [0.29, 0.717) is 6.61 Å². The van der Waals surface area contributed by atoms with E-state index in [1.165, 1.54) is 12.3 Å². The minimum atomic E-state index is -3.85. The summed E-state index contributed by atoms with van der Waals surface area (Å²) in [6.45, 7) is 2.34. The third-order valence-corrected chi connectivity index (χ3v) is 7.06. The van der Waals surface area contributed by atoms with Gasteiger partial charge in [0.1, 0.15) is 11.9 Å². The monoisotopic (exact) mass is 452 g/mol. The lowest BCUT2D eigenvalue weighted by Crippen LogP contribution is -2.36. The van der Waals surface area contributed by atoms with Gasteiger partial charge in [-0.25, -0.2) is 8.42 Å². The van der Waals surface area contributed by atoms with E-state index < -0.39 is 21.2 Å². The van der Waals surface area contributed by atoms with Crippen LogP contribution in [-0.4, -0.2) is 31.5 Å². The molecule has 0 aromatic heterocycles. The van der Waals surface area contributed by atoms with E-state index in [-0.39, 0.29) is 18.1 Å². The average molecular weight is 453 g/mol. The van der Waals surface area contributed by atoms with Gasteiger partial charge in [-0.3, -0.25) is 0 Å². The van der Waals surface area contributed by atoms with E-state index in [2.05, 4.69) is 0 Å². The molecule has 0 radical (unpaired) electrons. The topological polar surface area (TPSA) is 72.8 Å². The van der Waals surface area contributed by atoms with Crippen LogP contribution in [0.5, 0.6) is 0 Å². The van der Waals surface area contributed by atoms with Gasteiger partial charge in [-0.05, 0) is 36.3 Å². The third-order valence-electron chi connectivity index (χ3n) is 4.94. The molecular weight excluding hydrogens is 424 g/mol. The molecule has 0 bridgehead atoms. The normalized spacial score (nSPS) is 13.7. The summed E-state index contributed by atoms with van der Waals surface area (Å²) < 4.78 is 37.6. The number of benzene rings is 3. The highest BCUT2D eigenvalue weighted by atomic mass is 32.2. The quantitative estimate of drug-likeness (QED) is 0.435. The Morgan fingerprint density at radius 1 is 0.844 bits per heavy atom. The van der Waals surface area contributed by atoms with Crippen LogP contribution in [0.4, 0.5) is 0 Å². The van der Waals surface area contributed by atoms with Gasteiger partial charge >= 0.3 is 0 Å². The maximum Gasteiger partial charge on any atom is 0.187 e. The van der Waals surface area contributed by atoms with Crippen molar-refractivity contribution in [3.63, 3.8) is 0 Å². The number of ether oxygens (including phenoxy) is 2. The van der Waals surface area contributed by atoms with Gasteiger partial charge in [0.25, 0.3) is 0 Å². The van der Waals surface area contributed by atoms with Crippen molar-refractivity contribution in [2.24, 2.45) is 0 Å². The first kappa shape index (κ1) is 23.7. The third kappa shape index (κ3) is 6.79. The Morgan fingerprint density at radius 3 is 2.00 bits per heavy atom. The molecule has 5 nitrogen and oxygen atoms in total. The molecule has 32 heavy (non-hydrogen) atoms. The van der Waals surface area contributed by atoms with Crippen molar-refractivity contribution < 1.29 is 23.0 Å². The fourth-order valence-corrected chi connectivity index (χ4v) is 4.73. The van der Waals surface area contributed by atoms with Crippen LogP contribution in [0.2, 0.25) is 0 Å². The van der Waals surface area contributed by atoms with Crippen LogP contribution in [0, 0.1) is 6.92 Å². The molecular formula is C26H28O5S. The predicted octanol–water partition coefficient (Wildman–Crippen LogP) is 4.45. The van der Waals surface area contributed by atoms with Crippen LogP contribution in [0.3, 0.4) is 0 Å². The maximum atomic E-state index is 13.3. The van der Waals surface area contributed by atoms with Crippen molar-refractivity contribution in [3.8, 4) is 0 Å². The molecule has 0 aliphatic heterocycles. The lowest BCUT2D eigenvalue weighted by molar-refractivity contribution is 0.0311. The second kappa shape index (κ2) is 11.6. The van der Waals surface area contributed by atoms with E-state index in [0.717, 1.165) is 16.7 Å². The molecule has 0 aliphatic rings. The average Bonchev–Trinajstić information content (AvgIpc) is 2.80. The molecule has 0 fully saturated rings. The van der Waals surface area contributed by atoms with Crippen molar-refractivity contribution in [1.29, 1.82) is 0 Å². The van der Waals surface area contributed by atoms with Crippen molar-refractivity contribution in [2.45, 2.75) is 36.4 Å². The summed E-state index contributed by atoms with van der Waals surface area (Å²) in [6, 6.07) is 25.6. The van der Waals surface area contributed by atoms with Crippen molar-refractivity contribution in [1.82, 2.24) is 0 Å². The van der Waals surface area contributed by atoms with Gasteiger partial charge in [0.2, 0.25) is 0 Å². The highest BCUT2D eigenvalue weighted by Gasteiger charge is 2.32. The molecule has 168 valence electrons. The first-order valence-corrected chi connectivity index (χ1v) is 11.9. The van der Waals surface area contributed by atoms with E-state index in [1.54, 1.807) is 24.3 Å². The zero-order valence-corrected chi connectivity index (χ0v) is 18.8. The Hall–Kier alpha value is -2.93. The van der Waals surface area contributed by atoms with Crippen LogP contribution in [0.15, 0.2) is 102 Å². The second-order valence-electron chi connectivity index (χ2n) is 7.52. The summed E-state index contributed by atoms with van der Waals surface area (Å²) in [5.74, 6) is 0. The van der Waals surface area contributed by atoms with Crippen molar-refractivity contribution >= 4 is 9.84 Å². The number of aryl methyl sites for hydroxylation is 1. The van der Waals surface area contributed by atoms with E-state index >= 15 is 0 Å². The minimum absolute atomic E-state index is 0.131. The molecule has 3 aromatic rings. The van der Waals surface area contributed by atoms with Gasteiger partial charge in [-0.1, -0.05) is 78.4 Å². The maximum absolute atomic E-state index is 13.3. The Bertz CT molecular complexity index is 1080. The zero-order valence-electron chi connectivity index (χ0n) is 18.0. The Kier molecular flexibility index (Phi) is 8.62. The number of hydrogen-bond donors (Lipinski definition) is 1. The second-order valence-corrected chi connectivity index (χ2v) is 9.62. The zero-order chi connectivity index (χ0) is 22.8. The van der Waals surface area contributed by atoms with Crippen LogP contribution in [0.25, 0.3) is 0 Å². The molecule has 0 heterocycles. The van der Waals surface area contributed by atoms with Crippen LogP contribution in [-0.2, 0) is 32.5 Å². The lowest BCUT2D eigenvalue weighted by Gasteiger charge is -2.20. The molecule has 6 heteroatoms. The highest BCUT2D eigenvalue weighted by Crippen LogP contribution is 2.21. The van der Waals surface area contributed by atoms with Gasteiger partial charge in [0.15, 0.2) is 9.84 Å². The van der Waals surface area contributed by atoms with E-state index in [4.69, 9.17) is 9.47 Å². The molecule has 0 saturated carbocycles. The SMILES string of the molecule is Cc1ccc(S(=O)(=O)C(/C=C\OCc2ccccc2)C(O)COCc2ccccc2)cc1. The fourth-order valence-electron chi connectivity index (χ4n) is 3.14. The molecule has 3 aromatic carbocycles. The van der Waals surface area contributed by atoms with Crippen LogP contribution >= 0.6 is 0 Å². The van der Waals surface area contributed by atoms with Gasteiger partial charge in [0.05, 0.1) is 30.5 Å². The van der Waals surface area contributed by atoms with E-state index in [1.807, 2.05) is 67.6 Å². The Morgan fingerprint density at radius 2 is 1.41 bits per heavy atom. The van der Waals surface area contributed by atoms with Gasteiger partial charge in [-0.15, -0.1) is 0 Å². The Balaban J connectivity index is 1.71. The number of aliphatic hydroxyl groups is 1. The summed E-state index contributed by atoms with van der Waals surface area (Å²) in [5.41, 5.74) is 2.86. The number of hydrogen-bond acceptors (Lipinski definition) is 5. The molecule has 2 atom stereocenters. The largest absolute Gasteiger partial charge is 0.497 e. The molecule has 0 aliphatic carbocycles. The molecule has 1 N–H and O–H groups in total. The highest BCUT2D eigenvalue weighted by molar-refractivity contribution is 7.92. The summed E-state index contributed by atoms with van der Waals surface area (Å²) in [6.07, 6.45) is 1.46. The van der Waals surface area contributed by atoms with Crippen molar-refractivity contribution in [2.75, 3.05) is 6.61 Å². The smallest absolute Gasteiger partial charge is 0.187 e. The van der Waals surface area contributed by atoms with Crippen molar-refractivity contribution in [3.05, 3.63) is 114 Å². The molecule has 2 unspecified atom stereocenters. The standard InChI is InChI=1S/C26H28O5S/c1-21-12-14-24(15-13-21)32(28,29)26(16-17-30-18-22-8-4-2-5-9-22)25(27)20-31-19-23-10-6-3-7-11-23/h2-17,25-27H,18-20H2,1H3/b17-16-. The Labute approximate surface area is 189 Å². The summed E-state index contributed by atoms with van der Waals surface area (Å²) >= 11 is 0. The number of aliphatic hydroxyl groups excluding tert-OH is 1. The molecule has 0 amide bonds. The summed E-state index contributed by atoms with van der Waals surface area (Å²) in [7, 11) is -3.85. The lowest BCUT2D eigenvalue weighted by atomic mass is 10.2. The molecule has 0 saturated heterocycles. The molecule has 3 rings (SSSR count). The minimum Gasteiger partial charge on any atom is -0.497 e. The van der Waals surface area contributed by atoms with Crippen LogP contribution in [0.1, 0.15) is 16.7 Å². The van der Waals surface area contributed by atoms with Gasteiger partial charge < -0.3 is 14.6 Å². The van der Waals surface area contributed by atoms with E-state index in [9.17, 15) is 13.5 Å². The fraction of sp³-hybridized carbons (Fsp3) is 0.231. The van der Waals surface area contributed by atoms with Gasteiger partial charge in [0, 0.05) is 0 Å². The first-order valence-electron chi connectivity index (χ1n) is 10.4. The number of sulfone groups is 1. The molecule has 0 spiro atoms. The number of rotatable bonds is 11.